The van der Waals surface area contributed by atoms with E-state index in [2.05, 4.69) is 0 Å². The fourth-order valence-corrected chi connectivity index (χ4v) is 0.580. The fourth-order valence-electron chi connectivity index (χ4n) is 0.580. The molecule has 9 heavy (non-hydrogen) atoms. The number of hydrogen-bond acceptors (Lipinski definition) is 1. The molecule has 0 unspecified atom stereocenters. The molecular formula is C7H7NO. The van der Waals surface area contributed by atoms with E-state index in [-0.39, 0.29) is 5.56 Å². The standard InChI is InChI=1S/C7H7NO/c1-6-4-3-5-7(9)8(6)2/h1,3-5H,2H3. The summed E-state index contributed by atoms with van der Waals surface area (Å²) < 4.78 is 1.39. The average molecular weight is 121 g/mol. The fraction of sp³-hybridized carbons (Fsp3) is 0.143. The maximum atomic E-state index is 10.7. The molecule has 0 saturated carbocycles. The Morgan fingerprint density at radius 3 is 2.67 bits per heavy atom. The second-order valence-corrected chi connectivity index (χ2v) is 1.85. The minimum atomic E-state index is -0.0741. The Kier molecular flexibility index (Phi) is 1.39. The highest BCUT2D eigenvalue weighted by Gasteiger charge is 1.88. The van der Waals surface area contributed by atoms with Gasteiger partial charge in [-0.25, -0.2) is 0 Å². The normalized spacial score (nSPS) is 9.56. The van der Waals surface area contributed by atoms with Crippen molar-refractivity contribution in [1.82, 2.24) is 4.57 Å². The topological polar surface area (TPSA) is 22.0 Å². The predicted octanol–water partition coefficient (Wildman–Crippen LogP) is 0.444. The summed E-state index contributed by atoms with van der Waals surface area (Å²) in [6.07, 6.45) is 0. The lowest BCUT2D eigenvalue weighted by Crippen LogP contribution is -2.16. The molecule has 2 nitrogen and oxygen atoms in total. The molecule has 0 spiro atoms. The molecule has 0 N–H and O–H groups in total. The first kappa shape index (κ1) is 6.08. The summed E-state index contributed by atoms with van der Waals surface area (Å²) in [4.78, 5) is 10.7. The van der Waals surface area contributed by atoms with E-state index in [9.17, 15) is 4.79 Å². The lowest BCUT2D eigenvalue weighted by molar-refractivity contribution is 0.838. The highest BCUT2D eigenvalue weighted by molar-refractivity contribution is 5.08. The van der Waals surface area contributed by atoms with Crippen molar-refractivity contribution in [2.75, 3.05) is 0 Å². The van der Waals surface area contributed by atoms with Gasteiger partial charge in [-0.05, 0) is 6.07 Å². The molecule has 0 aliphatic heterocycles. The maximum absolute atomic E-state index is 10.7. The maximum Gasteiger partial charge on any atom is 0.250 e. The van der Waals surface area contributed by atoms with Gasteiger partial charge in [0.25, 0.3) is 0 Å². The minimum absolute atomic E-state index is 0.0741. The highest BCUT2D eigenvalue weighted by Crippen LogP contribution is 1.87. The van der Waals surface area contributed by atoms with Gasteiger partial charge in [-0.15, -0.1) is 0 Å². The van der Waals surface area contributed by atoms with Gasteiger partial charge in [-0.3, -0.25) is 4.79 Å². The molecule has 46 valence electrons. The number of pyridine rings is 1. The third-order valence-electron chi connectivity index (χ3n) is 1.22. The van der Waals surface area contributed by atoms with E-state index >= 15 is 0 Å². The molecule has 1 rings (SSSR count). The smallest absolute Gasteiger partial charge is 0.250 e. The Bertz CT molecular complexity index is 262. The van der Waals surface area contributed by atoms with Gasteiger partial charge >= 0.3 is 0 Å². The van der Waals surface area contributed by atoms with Crippen LogP contribution in [0.5, 0.6) is 0 Å². The summed E-state index contributed by atoms with van der Waals surface area (Å²) in [7, 11) is 1.64. The summed E-state index contributed by atoms with van der Waals surface area (Å²) in [6.45, 7) is 5.38. The van der Waals surface area contributed by atoms with Crippen LogP contribution in [0.4, 0.5) is 0 Å². The van der Waals surface area contributed by atoms with Gasteiger partial charge < -0.3 is 4.57 Å². The minimum Gasteiger partial charge on any atom is -0.315 e. The van der Waals surface area contributed by atoms with E-state index in [1.54, 1.807) is 19.2 Å². The van der Waals surface area contributed by atoms with Crippen molar-refractivity contribution in [3.05, 3.63) is 41.2 Å². The Hall–Kier alpha value is -1.05. The van der Waals surface area contributed by atoms with Gasteiger partial charge in [0.1, 0.15) is 0 Å². The van der Waals surface area contributed by atoms with E-state index in [4.69, 9.17) is 6.92 Å². The zero-order valence-electron chi connectivity index (χ0n) is 5.16. The Morgan fingerprint density at radius 1 is 1.56 bits per heavy atom. The third-order valence-corrected chi connectivity index (χ3v) is 1.22. The molecule has 0 bridgehead atoms. The molecule has 0 aliphatic rings. The number of rotatable bonds is 0. The van der Waals surface area contributed by atoms with Gasteiger partial charge in [0.15, 0.2) is 0 Å². The summed E-state index contributed by atoms with van der Waals surface area (Å²) in [5.41, 5.74) is 0.414. The van der Waals surface area contributed by atoms with E-state index in [1.807, 2.05) is 0 Å². The summed E-state index contributed by atoms with van der Waals surface area (Å²) in [6, 6.07) is 4.79. The van der Waals surface area contributed by atoms with Gasteiger partial charge in [-0.2, -0.15) is 0 Å². The zero-order valence-corrected chi connectivity index (χ0v) is 5.16. The van der Waals surface area contributed by atoms with Crippen LogP contribution < -0.4 is 5.56 Å². The van der Waals surface area contributed by atoms with Gasteiger partial charge in [-0.1, -0.05) is 6.07 Å². The molecule has 0 amide bonds. The van der Waals surface area contributed by atoms with E-state index in [1.165, 1.54) is 10.6 Å². The SMILES string of the molecule is [CH]c1cccc(=O)n1C. The summed E-state index contributed by atoms with van der Waals surface area (Å²) >= 11 is 0. The first-order valence-electron chi connectivity index (χ1n) is 2.63. The summed E-state index contributed by atoms with van der Waals surface area (Å²) in [5.74, 6) is 0. The Balaban J connectivity index is 3.43. The van der Waals surface area contributed by atoms with Crippen LogP contribution in [-0.2, 0) is 7.05 Å². The Labute approximate surface area is 53.8 Å². The first-order valence-corrected chi connectivity index (χ1v) is 2.63. The summed E-state index contributed by atoms with van der Waals surface area (Å²) in [5, 5.41) is 0. The predicted molar refractivity (Wildman–Crippen MR) is 35.1 cm³/mol. The van der Waals surface area contributed by atoms with Crippen LogP contribution in [0.1, 0.15) is 5.69 Å². The third kappa shape index (κ3) is 1.02. The van der Waals surface area contributed by atoms with Crippen molar-refractivity contribution in [3.8, 4) is 0 Å². The van der Waals surface area contributed by atoms with Crippen molar-refractivity contribution in [2.45, 2.75) is 0 Å². The van der Waals surface area contributed by atoms with Crippen LogP contribution in [0.3, 0.4) is 0 Å². The zero-order chi connectivity index (χ0) is 6.85. The Morgan fingerprint density at radius 2 is 2.22 bits per heavy atom. The average Bonchev–Trinajstić information content (AvgIpc) is 1.83. The molecular weight excluding hydrogens is 114 g/mol. The van der Waals surface area contributed by atoms with Crippen LogP contribution in [-0.4, -0.2) is 4.57 Å². The van der Waals surface area contributed by atoms with Crippen LogP contribution in [0.25, 0.3) is 0 Å². The van der Waals surface area contributed by atoms with Crippen LogP contribution in [0.15, 0.2) is 23.0 Å². The molecule has 0 aliphatic carbocycles. The molecule has 1 aromatic rings. The molecule has 1 heterocycles. The molecule has 0 saturated heterocycles. The largest absolute Gasteiger partial charge is 0.315 e. The second-order valence-electron chi connectivity index (χ2n) is 1.85. The highest BCUT2D eigenvalue weighted by atomic mass is 16.1. The molecule has 0 atom stereocenters. The van der Waals surface area contributed by atoms with Crippen molar-refractivity contribution in [2.24, 2.45) is 7.05 Å². The quantitative estimate of drug-likeness (QED) is 0.488. The number of aromatic nitrogens is 1. The van der Waals surface area contributed by atoms with Gasteiger partial charge in [0.05, 0.1) is 0 Å². The second kappa shape index (κ2) is 2.05. The first-order chi connectivity index (χ1) is 4.22. The van der Waals surface area contributed by atoms with E-state index < -0.39 is 0 Å². The molecule has 1 aromatic heterocycles. The van der Waals surface area contributed by atoms with Crippen molar-refractivity contribution in [3.63, 3.8) is 0 Å². The van der Waals surface area contributed by atoms with Crippen molar-refractivity contribution >= 4 is 0 Å². The van der Waals surface area contributed by atoms with Crippen molar-refractivity contribution in [1.29, 1.82) is 0 Å². The molecule has 2 radical (unpaired) electrons. The number of nitrogens with zero attached hydrogens (tertiary/aromatic N) is 1. The van der Waals surface area contributed by atoms with Crippen LogP contribution in [0.2, 0.25) is 0 Å². The lowest BCUT2D eigenvalue weighted by atomic mass is 10.4. The van der Waals surface area contributed by atoms with E-state index in [0.717, 1.165) is 0 Å². The van der Waals surface area contributed by atoms with Crippen LogP contribution in [0, 0.1) is 6.92 Å². The molecule has 0 fully saturated rings. The van der Waals surface area contributed by atoms with E-state index in [0.29, 0.717) is 5.69 Å². The number of hydrogen-bond donors (Lipinski definition) is 0. The monoisotopic (exact) mass is 121 g/mol. The molecule has 0 aromatic carbocycles. The van der Waals surface area contributed by atoms with Gasteiger partial charge in [0, 0.05) is 25.7 Å². The lowest BCUT2D eigenvalue weighted by Gasteiger charge is -1.97. The molecule has 2 heteroatoms. The van der Waals surface area contributed by atoms with Gasteiger partial charge in [0.2, 0.25) is 5.56 Å². The van der Waals surface area contributed by atoms with Crippen molar-refractivity contribution < 1.29 is 0 Å². The van der Waals surface area contributed by atoms with Crippen LogP contribution >= 0.6 is 0 Å².